The average Bonchev–Trinajstić information content (AvgIpc) is 3.45. The minimum absolute atomic E-state index is 0.275. The van der Waals surface area contributed by atoms with E-state index in [2.05, 4.69) is 78.7 Å². The molecular weight excluding hydrogens is 490 g/mol. The summed E-state index contributed by atoms with van der Waals surface area (Å²) in [6, 6.07) is 29.1. The second kappa shape index (κ2) is 8.40. The summed E-state index contributed by atoms with van der Waals surface area (Å²) in [5.74, 6) is 0. The molecule has 0 radical (unpaired) electrons. The van der Waals surface area contributed by atoms with Gasteiger partial charge in [0.25, 0.3) is 0 Å². The minimum Gasteiger partial charge on any atom is -0.454 e. The molecule has 0 spiro atoms. The van der Waals surface area contributed by atoms with Gasteiger partial charge in [-0.1, -0.05) is 56.3 Å². The summed E-state index contributed by atoms with van der Waals surface area (Å²) < 4.78 is 8.87. The van der Waals surface area contributed by atoms with Gasteiger partial charge in [-0.15, -0.1) is 0 Å². The topological polar surface area (TPSA) is 45.2 Å². The fraction of sp³-hybridized carbons (Fsp3) is 0.139. The summed E-state index contributed by atoms with van der Waals surface area (Å²) >= 11 is 0. The molecule has 0 N–H and O–H groups in total. The molecule has 4 nitrogen and oxygen atoms in total. The van der Waals surface area contributed by atoms with Crippen molar-refractivity contribution in [3.8, 4) is 39.6 Å². The van der Waals surface area contributed by atoms with Crippen LogP contribution in [-0.2, 0) is 12.5 Å². The molecule has 2 aromatic heterocycles. The molecule has 190 valence electrons. The van der Waals surface area contributed by atoms with Gasteiger partial charge in [0.2, 0.25) is 5.69 Å². The van der Waals surface area contributed by atoms with Crippen LogP contribution >= 0.6 is 0 Å². The summed E-state index contributed by atoms with van der Waals surface area (Å²) in [7, 11) is 2.04. The number of fused-ring (bicyclic) bond motifs is 6. The van der Waals surface area contributed by atoms with Gasteiger partial charge in [0.05, 0.1) is 23.8 Å². The lowest BCUT2D eigenvalue weighted by Crippen LogP contribution is -2.30. The zero-order valence-electron chi connectivity index (χ0n) is 22.8. The SMILES string of the molecule is [C-]#[N+]c1cccc2c1-c1ccc(-c3c(C#N)ccc4c3oc3c(-c5cccc[n+]5C)c(C)ccc34)cc1C2(C)C. The Morgan fingerprint density at radius 1 is 0.850 bits per heavy atom. The number of nitrogens with zero attached hydrogens (tertiary/aromatic N) is 3. The third-order valence-corrected chi connectivity index (χ3v) is 8.54. The molecule has 4 aromatic carbocycles. The minimum atomic E-state index is -0.275. The van der Waals surface area contributed by atoms with Crippen LogP contribution in [0.4, 0.5) is 5.69 Å². The van der Waals surface area contributed by atoms with Crippen LogP contribution in [0.25, 0.3) is 60.3 Å². The lowest BCUT2D eigenvalue weighted by Gasteiger charge is -2.22. The van der Waals surface area contributed by atoms with Gasteiger partial charge in [0, 0.05) is 33.9 Å². The Bertz CT molecular complexity index is 2130. The van der Waals surface area contributed by atoms with Crippen molar-refractivity contribution in [3.05, 3.63) is 119 Å². The van der Waals surface area contributed by atoms with Crippen molar-refractivity contribution in [2.45, 2.75) is 26.2 Å². The molecule has 0 fully saturated rings. The van der Waals surface area contributed by atoms with Crippen LogP contribution in [0.2, 0.25) is 0 Å². The first-order valence-corrected chi connectivity index (χ1v) is 13.4. The van der Waals surface area contributed by atoms with Crippen molar-refractivity contribution in [2.75, 3.05) is 0 Å². The zero-order chi connectivity index (χ0) is 27.8. The first-order valence-electron chi connectivity index (χ1n) is 13.4. The van der Waals surface area contributed by atoms with Crippen LogP contribution in [-0.4, -0.2) is 0 Å². The van der Waals surface area contributed by atoms with Crippen molar-refractivity contribution in [3.63, 3.8) is 0 Å². The maximum absolute atomic E-state index is 10.2. The van der Waals surface area contributed by atoms with Crippen LogP contribution in [0, 0.1) is 24.8 Å². The molecule has 6 aromatic rings. The molecule has 0 saturated carbocycles. The first kappa shape index (κ1) is 23.9. The summed E-state index contributed by atoms with van der Waals surface area (Å²) in [4.78, 5) is 3.82. The number of pyridine rings is 1. The molecule has 7 rings (SSSR count). The maximum atomic E-state index is 10.2. The van der Waals surface area contributed by atoms with Crippen molar-refractivity contribution in [2.24, 2.45) is 7.05 Å². The number of furan rings is 1. The fourth-order valence-electron chi connectivity index (χ4n) is 6.50. The van der Waals surface area contributed by atoms with E-state index in [0.29, 0.717) is 11.3 Å². The highest BCUT2D eigenvalue weighted by atomic mass is 16.3. The van der Waals surface area contributed by atoms with Gasteiger partial charge in [-0.2, -0.15) is 5.26 Å². The highest BCUT2D eigenvalue weighted by Gasteiger charge is 2.37. The van der Waals surface area contributed by atoms with Crippen LogP contribution in [0.15, 0.2) is 89.5 Å². The van der Waals surface area contributed by atoms with Crippen molar-refractivity contribution in [1.29, 1.82) is 5.26 Å². The highest BCUT2D eigenvalue weighted by Crippen LogP contribution is 2.53. The molecule has 40 heavy (non-hydrogen) atoms. The summed E-state index contributed by atoms with van der Waals surface area (Å²) in [6.07, 6.45) is 2.04. The van der Waals surface area contributed by atoms with E-state index < -0.39 is 0 Å². The Kier molecular flexibility index (Phi) is 5.02. The first-order chi connectivity index (χ1) is 19.3. The second-order valence-corrected chi connectivity index (χ2v) is 11.1. The molecule has 0 aliphatic heterocycles. The van der Waals surface area contributed by atoms with E-state index in [9.17, 15) is 5.26 Å². The van der Waals surface area contributed by atoms with Crippen LogP contribution in [0.3, 0.4) is 0 Å². The van der Waals surface area contributed by atoms with E-state index in [1.165, 1.54) is 0 Å². The number of aromatic nitrogens is 1. The van der Waals surface area contributed by atoms with Gasteiger partial charge >= 0.3 is 0 Å². The number of benzene rings is 4. The average molecular weight is 517 g/mol. The monoisotopic (exact) mass is 516 g/mol. The van der Waals surface area contributed by atoms with Gasteiger partial charge < -0.3 is 4.42 Å². The van der Waals surface area contributed by atoms with Gasteiger partial charge in [0.1, 0.15) is 18.2 Å². The summed E-state index contributed by atoms with van der Waals surface area (Å²) in [5.41, 5.74) is 11.9. The molecule has 2 heterocycles. The molecule has 0 saturated heterocycles. The van der Waals surface area contributed by atoms with Crippen molar-refractivity contribution in [1.82, 2.24) is 0 Å². The van der Waals surface area contributed by atoms with E-state index in [1.807, 2.05) is 49.6 Å². The highest BCUT2D eigenvalue weighted by molar-refractivity contribution is 6.14. The molecule has 0 bridgehead atoms. The lowest BCUT2D eigenvalue weighted by atomic mass is 9.81. The third-order valence-electron chi connectivity index (χ3n) is 8.54. The third kappa shape index (κ3) is 3.14. The predicted octanol–water partition coefficient (Wildman–Crippen LogP) is 8.78. The van der Waals surface area contributed by atoms with Crippen molar-refractivity contribution >= 4 is 27.6 Å². The van der Waals surface area contributed by atoms with Crippen molar-refractivity contribution < 1.29 is 8.98 Å². The molecule has 1 aliphatic carbocycles. The molecule has 0 amide bonds. The number of hydrogen-bond donors (Lipinski definition) is 0. The quantitative estimate of drug-likeness (QED) is 0.171. The Morgan fingerprint density at radius 2 is 1.62 bits per heavy atom. The fourth-order valence-corrected chi connectivity index (χ4v) is 6.50. The van der Waals surface area contributed by atoms with Gasteiger partial charge in [-0.25, -0.2) is 9.41 Å². The second-order valence-electron chi connectivity index (χ2n) is 11.1. The van der Waals surface area contributed by atoms with E-state index in [4.69, 9.17) is 11.0 Å². The van der Waals surface area contributed by atoms with Gasteiger partial charge in [-0.3, -0.25) is 0 Å². The van der Waals surface area contributed by atoms with E-state index in [0.717, 1.165) is 72.1 Å². The summed E-state index contributed by atoms with van der Waals surface area (Å²) in [6.45, 7) is 14.3. The van der Waals surface area contributed by atoms with Crippen LogP contribution in [0.1, 0.15) is 36.1 Å². The standard InChI is InChI=1S/C36H26N3O/c1-21-12-15-24-25-16-14-23(20-37)32(35(25)40-34(24)31(21)30-11-6-7-18-39(30)5)22-13-17-26-28(19-22)36(2,3)27-9-8-10-29(38-4)33(26)27/h6-19H,1-3,5H3/q+1. The van der Waals surface area contributed by atoms with E-state index >= 15 is 0 Å². The molecule has 4 heteroatoms. The normalized spacial score (nSPS) is 13.2. The smallest absolute Gasteiger partial charge is 0.216 e. The van der Waals surface area contributed by atoms with E-state index in [1.54, 1.807) is 0 Å². The Balaban J connectivity index is 1.53. The number of hydrogen-bond acceptors (Lipinski definition) is 2. The number of nitriles is 1. The number of aryl methyl sites for hydroxylation is 2. The Hall–Kier alpha value is -5.19. The van der Waals surface area contributed by atoms with Gasteiger partial charge in [0.15, 0.2) is 11.9 Å². The predicted molar refractivity (Wildman–Crippen MR) is 159 cm³/mol. The maximum Gasteiger partial charge on any atom is 0.216 e. The van der Waals surface area contributed by atoms with E-state index in [-0.39, 0.29) is 5.41 Å². The number of rotatable bonds is 2. The Labute approximate surface area is 233 Å². The molecular formula is C36H26N3O+. The molecule has 1 aliphatic rings. The lowest BCUT2D eigenvalue weighted by molar-refractivity contribution is -0.660. The van der Waals surface area contributed by atoms with Crippen LogP contribution in [0.5, 0.6) is 0 Å². The molecule has 0 unspecified atom stereocenters. The largest absolute Gasteiger partial charge is 0.454 e. The Morgan fingerprint density at radius 3 is 2.38 bits per heavy atom. The van der Waals surface area contributed by atoms with Gasteiger partial charge in [-0.05, 0) is 64.6 Å². The summed E-state index contributed by atoms with van der Waals surface area (Å²) in [5, 5.41) is 12.2. The molecule has 0 atom stereocenters. The zero-order valence-corrected chi connectivity index (χ0v) is 22.8. The van der Waals surface area contributed by atoms with Crippen LogP contribution < -0.4 is 4.57 Å².